The van der Waals surface area contributed by atoms with Gasteiger partial charge in [0.1, 0.15) is 0 Å². The average Bonchev–Trinajstić information content (AvgIpc) is 2.45. The van der Waals surface area contributed by atoms with Crippen molar-refractivity contribution in [3.63, 3.8) is 0 Å². The molecule has 5 heteroatoms. The van der Waals surface area contributed by atoms with Crippen LogP contribution in [0.5, 0.6) is 0 Å². The maximum absolute atomic E-state index is 12.9. The van der Waals surface area contributed by atoms with Crippen LogP contribution in [-0.4, -0.2) is 49.6 Å². The van der Waals surface area contributed by atoms with E-state index in [0.29, 0.717) is 5.92 Å². The molecule has 1 aromatic carbocycles. The lowest BCUT2D eigenvalue weighted by Crippen LogP contribution is -2.62. The number of nitrogens with zero attached hydrogens (tertiary/aromatic N) is 2. The van der Waals surface area contributed by atoms with Crippen LogP contribution in [0.25, 0.3) is 0 Å². The van der Waals surface area contributed by atoms with Crippen molar-refractivity contribution < 1.29 is 13.2 Å². The van der Waals surface area contributed by atoms with Crippen LogP contribution in [0.15, 0.2) is 24.3 Å². The van der Waals surface area contributed by atoms with Crippen molar-refractivity contribution in [2.45, 2.75) is 43.3 Å². The first-order valence-electron chi connectivity index (χ1n) is 8.75. The van der Waals surface area contributed by atoms with Gasteiger partial charge < -0.3 is 9.80 Å². The summed E-state index contributed by atoms with van der Waals surface area (Å²) in [6.45, 7) is 2.19. The number of hydrogen-bond donors (Lipinski definition) is 0. The summed E-state index contributed by atoms with van der Waals surface area (Å²) in [6.07, 6.45) is 0.112. The third-order valence-electron chi connectivity index (χ3n) is 6.17. The fraction of sp³-hybridized carbons (Fsp3) is 0.684. The molecule has 2 aliphatic rings. The highest BCUT2D eigenvalue weighted by Crippen LogP contribution is 2.51. The Hall–Kier alpha value is -1.07. The first-order chi connectivity index (χ1) is 11.2. The zero-order valence-corrected chi connectivity index (χ0v) is 14.7. The summed E-state index contributed by atoms with van der Waals surface area (Å²) in [5.74, 6) is 0.830. The third-order valence-corrected chi connectivity index (χ3v) is 6.17. The molecule has 1 aliphatic carbocycles. The Morgan fingerprint density at radius 1 is 1.21 bits per heavy atom. The number of likely N-dealkylation sites (N-methyl/N-ethyl adjacent to an activating group) is 2. The summed E-state index contributed by atoms with van der Waals surface area (Å²) in [5.41, 5.74) is 0.493. The van der Waals surface area contributed by atoms with E-state index in [-0.39, 0.29) is 11.5 Å². The highest BCUT2D eigenvalue weighted by molar-refractivity contribution is 5.30. The zero-order chi connectivity index (χ0) is 17.5. The summed E-state index contributed by atoms with van der Waals surface area (Å²) in [6, 6.07) is 5.90. The summed E-state index contributed by atoms with van der Waals surface area (Å²) >= 11 is 0. The van der Waals surface area contributed by atoms with Crippen molar-refractivity contribution in [1.29, 1.82) is 0 Å². The minimum atomic E-state index is -4.25. The molecule has 0 N–H and O–H groups in total. The topological polar surface area (TPSA) is 6.48 Å². The van der Waals surface area contributed by atoms with E-state index in [1.807, 2.05) is 6.07 Å². The number of piperidine rings is 1. The van der Waals surface area contributed by atoms with Gasteiger partial charge in [-0.2, -0.15) is 13.2 Å². The second-order valence-electron chi connectivity index (χ2n) is 7.83. The van der Waals surface area contributed by atoms with Gasteiger partial charge >= 0.3 is 6.18 Å². The van der Waals surface area contributed by atoms with Crippen LogP contribution in [0.2, 0.25) is 0 Å². The van der Waals surface area contributed by atoms with Gasteiger partial charge in [-0.15, -0.1) is 0 Å². The van der Waals surface area contributed by atoms with Crippen molar-refractivity contribution in [3.8, 4) is 0 Å². The monoisotopic (exact) mass is 340 g/mol. The Kier molecular flexibility index (Phi) is 4.69. The van der Waals surface area contributed by atoms with E-state index in [1.165, 1.54) is 18.9 Å². The highest BCUT2D eigenvalue weighted by atomic mass is 19.4. The molecule has 1 aliphatic heterocycles. The molecule has 0 amide bonds. The molecule has 1 heterocycles. The summed E-state index contributed by atoms with van der Waals surface area (Å²) in [7, 11) is 6.47. The molecule has 24 heavy (non-hydrogen) atoms. The van der Waals surface area contributed by atoms with Crippen molar-refractivity contribution in [2.75, 3.05) is 34.2 Å². The smallest absolute Gasteiger partial charge is 0.305 e. The van der Waals surface area contributed by atoms with Crippen LogP contribution in [0.1, 0.15) is 42.7 Å². The predicted octanol–water partition coefficient (Wildman–Crippen LogP) is 4.23. The molecular formula is C19H27F3N2. The van der Waals surface area contributed by atoms with Crippen LogP contribution in [-0.2, 0) is 6.18 Å². The fourth-order valence-corrected chi connectivity index (χ4v) is 4.64. The number of rotatable bonds is 3. The van der Waals surface area contributed by atoms with E-state index in [4.69, 9.17) is 0 Å². The molecule has 134 valence electrons. The molecule has 1 atom stereocenters. The van der Waals surface area contributed by atoms with Gasteiger partial charge in [0.05, 0.1) is 5.56 Å². The molecule has 2 nitrogen and oxygen atoms in total. The van der Waals surface area contributed by atoms with E-state index in [2.05, 4.69) is 30.9 Å². The first kappa shape index (κ1) is 17.7. The lowest BCUT2D eigenvalue weighted by Gasteiger charge is -2.56. The Morgan fingerprint density at radius 2 is 1.92 bits per heavy atom. The maximum atomic E-state index is 12.9. The van der Waals surface area contributed by atoms with Gasteiger partial charge in [-0.05, 0) is 76.8 Å². The Morgan fingerprint density at radius 3 is 2.50 bits per heavy atom. The van der Waals surface area contributed by atoms with Crippen LogP contribution in [0.4, 0.5) is 13.2 Å². The number of benzene rings is 1. The van der Waals surface area contributed by atoms with E-state index in [9.17, 15) is 13.2 Å². The lowest BCUT2D eigenvalue weighted by atomic mass is 9.60. The first-order valence-corrected chi connectivity index (χ1v) is 8.75. The van der Waals surface area contributed by atoms with Gasteiger partial charge in [-0.3, -0.25) is 0 Å². The van der Waals surface area contributed by atoms with Gasteiger partial charge in [-0.1, -0.05) is 18.2 Å². The molecule has 1 saturated carbocycles. The molecule has 0 bridgehead atoms. The number of alkyl halides is 3. The average molecular weight is 340 g/mol. The molecular weight excluding hydrogens is 313 g/mol. The molecule has 0 aromatic heterocycles. The quantitative estimate of drug-likeness (QED) is 0.813. The normalized spacial score (nSPS) is 32.0. The molecule has 0 radical (unpaired) electrons. The standard InChI is InChI=1S/C19H27F3N2/c1-23(2)18(8-5-9-24(3)13-18)17-11-15(12-17)14-6-4-7-16(10-14)19(20,21)22/h4,6-7,10,15,17H,5,8-9,11-13H2,1-3H3. The van der Waals surface area contributed by atoms with Crippen molar-refractivity contribution in [1.82, 2.24) is 9.80 Å². The summed E-state index contributed by atoms with van der Waals surface area (Å²) in [4.78, 5) is 4.75. The molecule has 0 spiro atoms. The fourth-order valence-electron chi connectivity index (χ4n) is 4.64. The van der Waals surface area contributed by atoms with Gasteiger partial charge in [0, 0.05) is 12.1 Å². The van der Waals surface area contributed by atoms with Crippen LogP contribution in [0.3, 0.4) is 0 Å². The molecule has 1 saturated heterocycles. The number of halogens is 3. The molecule has 3 rings (SSSR count). The largest absolute Gasteiger partial charge is 0.416 e. The minimum Gasteiger partial charge on any atom is -0.305 e. The number of likely N-dealkylation sites (tertiary alicyclic amines) is 1. The van der Waals surface area contributed by atoms with Crippen LogP contribution < -0.4 is 0 Å². The van der Waals surface area contributed by atoms with Gasteiger partial charge in [0.15, 0.2) is 0 Å². The van der Waals surface area contributed by atoms with Crippen LogP contribution >= 0.6 is 0 Å². The SMILES string of the molecule is CN1CCCC(C2CC(c3cccc(C(F)(F)F)c3)C2)(N(C)C)C1. The second-order valence-corrected chi connectivity index (χ2v) is 7.83. The maximum Gasteiger partial charge on any atom is 0.416 e. The third kappa shape index (κ3) is 3.21. The molecule has 2 fully saturated rings. The van der Waals surface area contributed by atoms with Crippen molar-refractivity contribution >= 4 is 0 Å². The Balaban J connectivity index is 1.72. The van der Waals surface area contributed by atoms with Crippen molar-refractivity contribution in [3.05, 3.63) is 35.4 Å². The van der Waals surface area contributed by atoms with Crippen LogP contribution in [0, 0.1) is 5.92 Å². The second kappa shape index (κ2) is 6.34. The highest BCUT2D eigenvalue weighted by Gasteiger charge is 2.49. The van der Waals surface area contributed by atoms with E-state index in [0.717, 1.165) is 37.6 Å². The van der Waals surface area contributed by atoms with Crippen molar-refractivity contribution in [2.24, 2.45) is 5.92 Å². The lowest BCUT2D eigenvalue weighted by molar-refractivity contribution is -0.137. The minimum absolute atomic E-state index is 0.172. The zero-order valence-electron chi connectivity index (χ0n) is 14.7. The molecule has 1 unspecified atom stereocenters. The Bertz CT molecular complexity index is 578. The van der Waals surface area contributed by atoms with Gasteiger partial charge in [0.2, 0.25) is 0 Å². The van der Waals surface area contributed by atoms with E-state index in [1.54, 1.807) is 6.07 Å². The van der Waals surface area contributed by atoms with Gasteiger partial charge in [0.25, 0.3) is 0 Å². The molecule has 1 aromatic rings. The Labute approximate surface area is 142 Å². The number of hydrogen-bond acceptors (Lipinski definition) is 2. The summed E-state index contributed by atoms with van der Waals surface area (Å²) in [5, 5.41) is 0. The van der Waals surface area contributed by atoms with Gasteiger partial charge in [-0.25, -0.2) is 0 Å². The predicted molar refractivity (Wildman–Crippen MR) is 90.1 cm³/mol. The summed E-state index contributed by atoms with van der Waals surface area (Å²) < 4.78 is 38.8. The van der Waals surface area contributed by atoms with E-state index < -0.39 is 11.7 Å². The van der Waals surface area contributed by atoms with E-state index >= 15 is 0 Å².